The molecule has 0 spiro atoms. The maximum atomic E-state index is 12.0. The third kappa shape index (κ3) is 3.56. The number of aliphatic hydroxyl groups is 3. The summed E-state index contributed by atoms with van der Waals surface area (Å²) in [6.45, 7) is 1.59. The first-order valence-electron chi connectivity index (χ1n) is 7.59. The van der Waals surface area contributed by atoms with Crippen molar-refractivity contribution >= 4 is 11.8 Å². The molecule has 1 aliphatic rings. The number of ether oxygens (including phenoxy) is 2. The Labute approximate surface area is 137 Å². The number of rotatable bonds is 6. The van der Waals surface area contributed by atoms with E-state index in [0.717, 1.165) is 17.2 Å². The second-order valence-corrected chi connectivity index (χ2v) is 5.45. The van der Waals surface area contributed by atoms with E-state index >= 15 is 0 Å². The zero-order valence-electron chi connectivity index (χ0n) is 13.2. The second kappa shape index (κ2) is 7.71. The van der Waals surface area contributed by atoms with Gasteiger partial charge in [0.25, 0.3) is 0 Å². The largest absolute Gasteiger partial charge is 0.462 e. The lowest BCUT2D eigenvalue weighted by Crippen LogP contribution is -2.36. The number of aromatic nitrogens is 2. The smallest absolute Gasteiger partial charge is 0.351 e. The number of nitrogens with zero attached hydrogens (tertiary/aromatic N) is 2. The summed E-state index contributed by atoms with van der Waals surface area (Å²) in [5.74, 6) is -1.06. The van der Waals surface area contributed by atoms with Gasteiger partial charge in [-0.15, -0.1) is 0 Å². The number of nitrogens with two attached hydrogens (primary N) is 1. The highest BCUT2D eigenvalue weighted by Gasteiger charge is 2.44. The van der Waals surface area contributed by atoms with E-state index in [1.165, 1.54) is 0 Å². The van der Waals surface area contributed by atoms with Crippen molar-refractivity contribution in [3.63, 3.8) is 0 Å². The lowest BCUT2D eigenvalue weighted by atomic mass is 10.1. The fraction of sp³-hybridized carbons (Fsp3) is 0.643. The molecule has 0 unspecified atom stereocenters. The van der Waals surface area contributed by atoms with Crippen LogP contribution in [0.2, 0.25) is 0 Å². The van der Waals surface area contributed by atoms with Crippen LogP contribution in [0.3, 0.4) is 0 Å². The summed E-state index contributed by atoms with van der Waals surface area (Å²) in [6, 6.07) is 0. The summed E-state index contributed by atoms with van der Waals surface area (Å²) in [5.41, 5.74) is 4.57. The molecular weight excluding hydrogens is 322 g/mol. The van der Waals surface area contributed by atoms with Gasteiger partial charge in [-0.2, -0.15) is 4.98 Å². The first kappa shape index (κ1) is 18.3. The Morgan fingerprint density at radius 3 is 2.75 bits per heavy atom. The van der Waals surface area contributed by atoms with Crippen molar-refractivity contribution in [3.8, 4) is 0 Å². The van der Waals surface area contributed by atoms with Crippen molar-refractivity contribution in [1.82, 2.24) is 9.55 Å². The Morgan fingerprint density at radius 1 is 1.46 bits per heavy atom. The normalized spacial score (nSPS) is 26.5. The van der Waals surface area contributed by atoms with Crippen LogP contribution in [0.1, 0.15) is 36.4 Å². The molecule has 1 aliphatic heterocycles. The SMILES string of the molecule is CCCCOC(=O)c1cn([C@@H]2O[C@H](CO)[C@@H](O)[C@@H]2O)c(=O)nc1N. The van der Waals surface area contributed by atoms with Gasteiger partial charge in [-0.1, -0.05) is 13.3 Å². The summed E-state index contributed by atoms with van der Waals surface area (Å²) in [7, 11) is 0. The number of unbranched alkanes of at least 4 members (excludes halogenated alkanes) is 1. The molecule has 0 saturated carbocycles. The molecule has 0 radical (unpaired) electrons. The summed E-state index contributed by atoms with van der Waals surface area (Å²) in [5, 5.41) is 28.9. The number of esters is 1. The standard InChI is InChI=1S/C14H21N3O7/c1-2-3-4-23-13(21)7-5-17(14(22)16-11(7)15)12-10(20)9(19)8(6-18)24-12/h5,8-10,12,18-20H,2-4,6H2,1H3,(H2,15,16,22)/t8-,9-,10+,12-/m1/s1. The minimum absolute atomic E-state index is 0.150. The second-order valence-electron chi connectivity index (χ2n) is 5.45. The molecule has 10 heteroatoms. The maximum Gasteiger partial charge on any atom is 0.351 e. The van der Waals surface area contributed by atoms with Crippen LogP contribution in [0.4, 0.5) is 5.82 Å². The summed E-state index contributed by atoms with van der Waals surface area (Å²) in [4.78, 5) is 27.6. The molecule has 0 bridgehead atoms. The highest BCUT2D eigenvalue weighted by atomic mass is 16.6. The number of aliphatic hydroxyl groups excluding tert-OH is 3. The molecule has 10 nitrogen and oxygen atoms in total. The Hall–Kier alpha value is -2.01. The van der Waals surface area contributed by atoms with Gasteiger partial charge in [-0.05, 0) is 6.42 Å². The van der Waals surface area contributed by atoms with Gasteiger partial charge in [-0.3, -0.25) is 4.57 Å². The molecule has 1 aromatic heterocycles. The Balaban J connectivity index is 2.30. The molecular formula is C14H21N3O7. The van der Waals surface area contributed by atoms with Crippen LogP contribution in [0, 0.1) is 0 Å². The van der Waals surface area contributed by atoms with E-state index in [1.807, 2.05) is 6.92 Å². The first-order valence-corrected chi connectivity index (χ1v) is 7.59. The van der Waals surface area contributed by atoms with Crippen molar-refractivity contribution in [3.05, 3.63) is 22.2 Å². The molecule has 4 atom stereocenters. The van der Waals surface area contributed by atoms with Gasteiger partial charge < -0.3 is 30.5 Å². The Bertz CT molecular complexity index is 648. The van der Waals surface area contributed by atoms with E-state index < -0.39 is 42.8 Å². The Morgan fingerprint density at radius 2 is 2.17 bits per heavy atom. The van der Waals surface area contributed by atoms with Crippen molar-refractivity contribution in [2.24, 2.45) is 0 Å². The molecule has 0 aromatic carbocycles. The highest BCUT2D eigenvalue weighted by Crippen LogP contribution is 2.28. The van der Waals surface area contributed by atoms with Gasteiger partial charge in [0.05, 0.1) is 13.2 Å². The zero-order valence-corrected chi connectivity index (χ0v) is 13.2. The fourth-order valence-corrected chi connectivity index (χ4v) is 2.32. The minimum atomic E-state index is -1.48. The highest BCUT2D eigenvalue weighted by molar-refractivity contribution is 5.93. The van der Waals surface area contributed by atoms with Crippen LogP contribution < -0.4 is 11.4 Å². The average Bonchev–Trinajstić information content (AvgIpc) is 2.83. The third-order valence-corrected chi connectivity index (χ3v) is 3.72. The molecule has 2 rings (SSSR count). The van der Waals surface area contributed by atoms with Crippen LogP contribution in [-0.2, 0) is 9.47 Å². The summed E-state index contributed by atoms with van der Waals surface area (Å²) >= 11 is 0. The van der Waals surface area contributed by atoms with Crippen molar-refractivity contribution in [1.29, 1.82) is 0 Å². The van der Waals surface area contributed by atoms with Crippen molar-refractivity contribution in [2.75, 3.05) is 18.9 Å². The number of hydrogen-bond donors (Lipinski definition) is 4. The first-order chi connectivity index (χ1) is 11.4. The van der Waals surface area contributed by atoms with Crippen LogP contribution in [0.5, 0.6) is 0 Å². The van der Waals surface area contributed by atoms with E-state index in [0.29, 0.717) is 6.42 Å². The number of carbonyl (C=O) groups is 1. The molecule has 1 saturated heterocycles. The summed E-state index contributed by atoms with van der Waals surface area (Å²) < 4.78 is 11.1. The number of hydrogen-bond acceptors (Lipinski definition) is 9. The number of anilines is 1. The van der Waals surface area contributed by atoms with E-state index in [-0.39, 0.29) is 18.0 Å². The van der Waals surface area contributed by atoms with Crippen molar-refractivity contribution < 1.29 is 29.6 Å². The van der Waals surface area contributed by atoms with Gasteiger partial charge in [0.1, 0.15) is 29.7 Å². The average molecular weight is 343 g/mol. The zero-order chi connectivity index (χ0) is 17.9. The van der Waals surface area contributed by atoms with E-state index in [1.54, 1.807) is 0 Å². The molecule has 1 aromatic rings. The number of nitrogen functional groups attached to an aromatic ring is 1. The minimum Gasteiger partial charge on any atom is -0.462 e. The molecule has 0 amide bonds. The quantitative estimate of drug-likeness (QED) is 0.352. The van der Waals surface area contributed by atoms with Gasteiger partial charge in [0.15, 0.2) is 6.23 Å². The predicted octanol–water partition coefficient (Wildman–Crippen LogP) is -1.61. The number of carbonyl (C=O) groups excluding carboxylic acids is 1. The molecule has 134 valence electrons. The topological polar surface area (TPSA) is 157 Å². The fourth-order valence-electron chi connectivity index (χ4n) is 2.32. The maximum absolute atomic E-state index is 12.0. The van der Waals surface area contributed by atoms with Gasteiger partial charge in [0.2, 0.25) is 0 Å². The third-order valence-electron chi connectivity index (χ3n) is 3.72. The van der Waals surface area contributed by atoms with Crippen LogP contribution in [0.15, 0.2) is 11.0 Å². The van der Waals surface area contributed by atoms with Gasteiger partial charge in [-0.25, -0.2) is 9.59 Å². The monoisotopic (exact) mass is 343 g/mol. The van der Waals surface area contributed by atoms with Crippen LogP contribution in [-0.4, -0.2) is 62.4 Å². The van der Waals surface area contributed by atoms with Crippen molar-refractivity contribution in [2.45, 2.75) is 44.3 Å². The molecule has 2 heterocycles. The molecule has 5 N–H and O–H groups in total. The van der Waals surface area contributed by atoms with Crippen LogP contribution in [0.25, 0.3) is 0 Å². The molecule has 1 fully saturated rings. The van der Waals surface area contributed by atoms with E-state index in [4.69, 9.17) is 20.3 Å². The van der Waals surface area contributed by atoms with Gasteiger partial charge in [0, 0.05) is 6.20 Å². The Kier molecular flexibility index (Phi) is 5.89. The molecule has 0 aliphatic carbocycles. The lowest BCUT2D eigenvalue weighted by Gasteiger charge is -2.18. The van der Waals surface area contributed by atoms with Gasteiger partial charge >= 0.3 is 11.7 Å². The lowest BCUT2D eigenvalue weighted by molar-refractivity contribution is -0.0550. The molecule has 24 heavy (non-hydrogen) atoms. The predicted molar refractivity (Wildman–Crippen MR) is 81.1 cm³/mol. The van der Waals surface area contributed by atoms with E-state index in [9.17, 15) is 19.8 Å². The van der Waals surface area contributed by atoms with Crippen LogP contribution >= 0.6 is 0 Å². The van der Waals surface area contributed by atoms with E-state index in [2.05, 4.69) is 4.98 Å². The summed E-state index contributed by atoms with van der Waals surface area (Å²) in [6.07, 6.45) is -2.65.